The van der Waals surface area contributed by atoms with Gasteiger partial charge in [-0.2, -0.15) is 12.6 Å². The van der Waals surface area contributed by atoms with Crippen LogP contribution in [0.5, 0.6) is 5.75 Å². The van der Waals surface area contributed by atoms with E-state index in [1.807, 2.05) is 0 Å². The molecule has 2 atom stereocenters. The van der Waals surface area contributed by atoms with Crippen LogP contribution in [-0.4, -0.2) is 51.9 Å². The van der Waals surface area contributed by atoms with Crippen LogP contribution in [0.4, 0.5) is 10.5 Å². The van der Waals surface area contributed by atoms with Crippen molar-refractivity contribution in [3.05, 3.63) is 58.6 Å². The number of thiol groups is 1. The highest BCUT2D eigenvalue weighted by Crippen LogP contribution is 2.30. The van der Waals surface area contributed by atoms with Gasteiger partial charge in [-0.05, 0) is 63.9 Å². The summed E-state index contributed by atoms with van der Waals surface area (Å²) in [6.07, 6.45) is -0.772. The predicted octanol–water partition coefficient (Wildman–Crippen LogP) is 4.71. The van der Waals surface area contributed by atoms with Crippen LogP contribution in [0, 0.1) is 6.92 Å². The second kappa shape index (κ2) is 12.2. The smallest absolute Gasteiger partial charge is 0.408 e. The monoisotopic (exact) mass is 521 g/mol. The molecule has 0 saturated heterocycles. The van der Waals surface area contributed by atoms with Gasteiger partial charge in [0.25, 0.3) is 5.91 Å². The number of nitrogens with zero attached hydrogens (tertiary/aromatic N) is 1. The van der Waals surface area contributed by atoms with Crippen molar-refractivity contribution in [2.24, 2.45) is 0 Å². The van der Waals surface area contributed by atoms with Crippen LogP contribution in [0.3, 0.4) is 0 Å². The van der Waals surface area contributed by atoms with E-state index in [9.17, 15) is 19.5 Å². The SMILES string of the molecule is CCN(C(=O)C(CS)NC(=O)OC(C)(C)C)C(C(=O)Nc1c(C)cccc1Cl)c1cccc(O)c1. The summed E-state index contributed by atoms with van der Waals surface area (Å²) in [6.45, 7) is 8.78. The number of halogens is 1. The molecule has 0 bridgehead atoms. The Balaban J connectivity index is 2.43. The van der Waals surface area contributed by atoms with Crippen molar-refractivity contribution in [1.29, 1.82) is 0 Å². The number of alkyl carbamates (subject to hydrolysis) is 1. The van der Waals surface area contributed by atoms with Crippen LogP contribution in [0.15, 0.2) is 42.5 Å². The fourth-order valence-electron chi connectivity index (χ4n) is 3.45. The highest BCUT2D eigenvalue weighted by molar-refractivity contribution is 7.80. The van der Waals surface area contributed by atoms with Gasteiger partial charge in [0.15, 0.2) is 0 Å². The predicted molar refractivity (Wildman–Crippen MR) is 140 cm³/mol. The third kappa shape index (κ3) is 7.80. The minimum Gasteiger partial charge on any atom is -0.508 e. The maximum atomic E-state index is 13.6. The van der Waals surface area contributed by atoms with Crippen molar-refractivity contribution in [1.82, 2.24) is 10.2 Å². The van der Waals surface area contributed by atoms with E-state index >= 15 is 0 Å². The van der Waals surface area contributed by atoms with Gasteiger partial charge < -0.3 is 25.4 Å². The summed E-state index contributed by atoms with van der Waals surface area (Å²) >= 11 is 10.5. The molecule has 2 rings (SSSR count). The summed E-state index contributed by atoms with van der Waals surface area (Å²) in [7, 11) is 0. The number of hydrogen-bond donors (Lipinski definition) is 4. The summed E-state index contributed by atoms with van der Waals surface area (Å²) < 4.78 is 5.27. The van der Waals surface area contributed by atoms with Gasteiger partial charge in [0.05, 0.1) is 10.7 Å². The van der Waals surface area contributed by atoms with Gasteiger partial charge in [-0.1, -0.05) is 35.9 Å². The van der Waals surface area contributed by atoms with Crippen LogP contribution in [0.2, 0.25) is 5.02 Å². The molecule has 190 valence electrons. The zero-order valence-corrected chi connectivity index (χ0v) is 22.1. The normalized spacial score (nSPS) is 12.9. The third-order valence-electron chi connectivity index (χ3n) is 5.01. The number of rotatable bonds is 8. The van der Waals surface area contributed by atoms with E-state index < -0.39 is 35.6 Å². The first-order chi connectivity index (χ1) is 16.4. The maximum absolute atomic E-state index is 13.6. The maximum Gasteiger partial charge on any atom is 0.408 e. The largest absolute Gasteiger partial charge is 0.508 e. The number of nitrogens with one attached hydrogen (secondary N) is 2. The highest BCUT2D eigenvalue weighted by Gasteiger charge is 2.35. The first kappa shape index (κ1) is 28.3. The number of aromatic hydroxyl groups is 1. The van der Waals surface area contributed by atoms with Crippen molar-refractivity contribution in [3.63, 3.8) is 0 Å². The number of ether oxygens (including phenoxy) is 1. The van der Waals surface area contributed by atoms with E-state index in [0.29, 0.717) is 16.3 Å². The van der Waals surface area contributed by atoms with E-state index in [1.165, 1.54) is 17.0 Å². The third-order valence-corrected chi connectivity index (χ3v) is 5.69. The molecule has 0 radical (unpaired) electrons. The molecule has 0 aliphatic heterocycles. The Morgan fingerprint density at radius 2 is 1.83 bits per heavy atom. The summed E-state index contributed by atoms with van der Waals surface area (Å²) in [5.74, 6) is -1.15. The van der Waals surface area contributed by atoms with Crippen molar-refractivity contribution in [2.75, 3.05) is 17.6 Å². The lowest BCUT2D eigenvalue weighted by Crippen LogP contribution is -2.53. The van der Waals surface area contributed by atoms with E-state index in [-0.39, 0.29) is 18.0 Å². The molecule has 0 aliphatic rings. The zero-order valence-electron chi connectivity index (χ0n) is 20.5. The van der Waals surface area contributed by atoms with Crippen molar-refractivity contribution >= 4 is 47.8 Å². The molecular formula is C25H32ClN3O5S. The molecular weight excluding hydrogens is 490 g/mol. The molecule has 2 unspecified atom stereocenters. The quantitative estimate of drug-likeness (QED) is 0.376. The number of phenolic OH excluding ortho intramolecular Hbond substituents is 1. The number of phenols is 1. The van der Waals surface area contributed by atoms with E-state index in [4.69, 9.17) is 16.3 Å². The fourth-order valence-corrected chi connectivity index (χ4v) is 3.97. The van der Waals surface area contributed by atoms with Gasteiger partial charge in [-0.25, -0.2) is 4.79 Å². The van der Waals surface area contributed by atoms with Crippen LogP contribution in [-0.2, 0) is 14.3 Å². The van der Waals surface area contributed by atoms with Gasteiger partial charge in [0, 0.05) is 12.3 Å². The molecule has 3 amide bonds. The number of carbonyl (C=O) groups excluding carboxylic acids is 3. The lowest BCUT2D eigenvalue weighted by Gasteiger charge is -2.33. The summed E-state index contributed by atoms with van der Waals surface area (Å²) in [4.78, 5) is 40.7. The van der Waals surface area contributed by atoms with Gasteiger partial charge in [0.1, 0.15) is 23.4 Å². The molecule has 2 aromatic rings. The molecule has 8 nitrogen and oxygen atoms in total. The van der Waals surface area contributed by atoms with Crippen molar-refractivity contribution in [2.45, 2.75) is 52.3 Å². The topological polar surface area (TPSA) is 108 Å². The Hall–Kier alpha value is -2.91. The number of para-hydroxylation sites is 1. The Bertz CT molecular complexity index is 1050. The molecule has 0 aliphatic carbocycles. The first-order valence-corrected chi connectivity index (χ1v) is 12.1. The Labute approximate surface area is 216 Å². The van der Waals surface area contributed by atoms with E-state index in [0.717, 1.165) is 5.56 Å². The average molecular weight is 522 g/mol. The molecule has 10 heteroatoms. The molecule has 0 saturated carbocycles. The second-order valence-electron chi connectivity index (χ2n) is 8.92. The van der Waals surface area contributed by atoms with Crippen molar-refractivity contribution in [3.8, 4) is 5.75 Å². The van der Waals surface area contributed by atoms with E-state index in [2.05, 4.69) is 23.3 Å². The average Bonchev–Trinajstić information content (AvgIpc) is 2.76. The first-order valence-electron chi connectivity index (χ1n) is 11.1. The second-order valence-corrected chi connectivity index (χ2v) is 9.70. The zero-order chi connectivity index (χ0) is 26.3. The van der Waals surface area contributed by atoms with Crippen molar-refractivity contribution < 1.29 is 24.2 Å². The van der Waals surface area contributed by atoms with Gasteiger partial charge in [-0.15, -0.1) is 0 Å². The number of likely N-dealkylation sites (N-methyl/N-ethyl adjacent to an activating group) is 1. The Morgan fingerprint density at radius 1 is 1.17 bits per heavy atom. The molecule has 0 fully saturated rings. The number of benzene rings is 2. The number of anilines is 1. The van der Waals surface area contributed by atoms with E-state index in [1.54, 1.807) is 65.0 Å². The van der Waals surface area contributed by atoms with Crippen LogP contribution < -0.4 is 10.6 Å². The Morgan fingerprint density at radius 3 is 2.37 bits per heavy atom. The highest BCUT2D eigenvalue weighted by atomic mass is 35.5. The minimum atomic E-state index is -1.13. The molecule has 0 aromatic heterocycles. The van der Waals surface area contributed by atoms with Gasteiger partial charge in [-0.3, -0.25) is 9.59 Å². The molecule has 0 heterocycles. The van der Waals surface area contributed by atoms with Crippen LogP contribution in [0.25, 0.3) is 0 Å². The summed E-state index contributed by atoms with van der Waals surface area (Å²) in [6, 6.07) is 9.14. The van der Waals surface area contributed by atoms with Crippen LogP contribution >= 0.6 is 24.2 Å². The fraction of sp³-hybridized carbons (Fsp3) is 0.400. The molecule has 3 N–H and O–H groups in total. The van der Waals surface area contributed by atoms with Gasteiger partial charge in [0.2, 0.25) is 5.91 Å². The number of amides is 3. The number of hydrogen-bond acceptors (Lipinski definition) is 6. The van der Waals surface area contributed by atoms with Gasteiger partial charge >= 0.3 is 6.09 Å². The number of aryl methyl sites for hydroxylation is 1. The summed E-state index contributed by atoms with van der Waals surface area (Å²) in [5.41, 5.74) is 0.799. The molecule has 35 heavy (non-hydrogen) atoms. The lowest BCUT2D eigenvalue weighted by molar-refractivity contribution is -0.140. The summed E-state index contributed by atoms with van der Waals surface area (Å²) in [5, 5.41) is 15.8. The van der Waals surface area contributed by atoms with Crippen LogP contribution in [0.1, 0.15) is 44.9 Å². The number of carbonyl (C=O) groups is 3. The molecule has 0 spiro atoms. The standard InChI is InChI=1S/C25H32ClN3O5S/c1-6-29(23(32)19(14-35)27-24(33)34-25(3,4)5)21(16-10-8-11-17(30)13-16)22(31)28-20-15(2)9-7-12-18(20)26/h7-13,19,21,30,35H,6,14H2,1-5H3,(H,27,33)(H,28,31). The molecule has 2 aromatic carbocycles. The lowest BCUT2D eigenvalue weighted by atomic mass is 10.0. The Kier molecular flexibility index (Phi) is 9.85. The minimum absolute atomic E-state index is 0.0213.